The van der Waals surface area contributed by atoms with Crippen LogP contribution in [0.3, 0.4) is 0 Å². The van der Waals surface area contributed by atoms with Crippen molar-refractivity contribution in [1.29, 1.82) is 0 Å². The van der Waals surface area contributed by atoms with Gasteiger partial charge in [0.05, 0.1) is 12.2 Å². The second-order valence-corrected chi connectivity index (χ2v) is 7.12. The van der Waals surface area contributed by atoms with Crippen LogP contribution in [-0.2, 0) is 6.54 Å². The maximum atomic E-state index is 13.2. The molecule has 154 valence electrons. The first-order valence-electron chi connectivity index (χ1n) is 9.62. The Balaban J connectivity index is 1.21. The number of hydrogen-bond donors (Lipinski definition) is 0. The smallest absolute Gasteiger partial charge is 0.254 e. The van der Waals surface area contributed by atoms with Gasteiger partial charge in [-0.3, -0.25) is 9.69 Å². The fourth-order valence-corrected chi connectivity index (χ4v) is 3.61. The lowest BCUT2D eigenvalue weighted by Crippen LogP contribution is -2.48. The van der Waals surface area contributed by atoms with Gasteiger partial charge in [0.2, 0.25) is 6.79 Å². The summed E-state index contributed by atoms with van der Waals surface area (Å²) in [6.07, 6.45) is 0. The highest BCUT2D eigenvalue weighted by molar-refractivity contribution is 5.95. The quantitative estimate of drug-likeness (QED) is 0.644. The first-order valence-corrected chi connectivity index (χ1v) is 9.62. The lowest BCUT2D eigenvalue weighted by atomic mass is 10.1. The number of benzene rings is 2. The molecule has 1 saturated heterocycles. The molecule has 3 aromatic rings. The summed E-state index contributed by atoms with van der Waals surface area (Å²) in [7, 11) is 0. The van der Waals surface area contributed by atoms with Crippen molar-refractivity contribution in [3.05, 3.63) is 59.7 Å². The molecular formula is C20H19FN6O3. The van der Waals surface area contributed by atoms with Crippen molar-refractivity contribution >= 4 is 5.91 Å². The van der Waals surface area contributed by atoms with Gasteiger partial charge in [-0.05, 0) is 52.9 Å². The fraction of sp³-hybridized carbons (Fsp3) is 0.300. The van der Waals surface area contributed by atoms with Gasteiger partial charge < -0.3 is 14.4 Å². The summed E-state index contributed by atoms with van der Waals surface area (Å²) in [4.78, 5) is 16.9. The van der Waals surface area contributed by atoms with E-state index in [4.69, 9.17) is 9.47 Å². The third-order valence-electron chi connectivity index (χ3n) is 5.25. The van der Waals surface area contributed by atoms with E-state index in [0.29, 0.717) is 61.3 Å². The molecule has 9 nitrogen and oxygen atoms in total. The van der Waals surface area contributed by atoms with Gasteiger partial charge >= 0.3 is 0 Å². The van der Waals surface area contributed by atoms with Crippen LogP contribution in [0.4, 0.5) is 4.39 Å². The highest BCUT2D eigenvalue weighted by Crippen LogP contribution is 2.32. The van der Waals surface area contributed by atoms with Gasteiger partial charge in [-0.1, -0.05) is 0 Å². The van der Waals surface area contributed by atoms with Crippen molar-refractivity contribution in [2.24, 2.45) is 0 Å². The summed E-state index contributed by atoms with van der Waals surface area (Å²) in [5, 5.41) is 11.9. The second kappa shape index (κ2) is 7.71. The van der Waals surface area contributed by atoms with Crippen molar-refractivity contribution in [2.75, 3.05) is 33.0 Å². The molecule has 2 aliphatic heterocycles. The Morgan fingerprint density at radius 1 is 1.00 bits per heavy atom. The number of fused-ring (bicyclic) bond motifs is 1. The molecule has 2 aliphatic rings. The van der Waals surface area contributed by atoms with Crippen molar-refractivity contribution in [1.82, 2.24) is 30.0 Å². The van der Waals surface area contributed by atoms with E-state index in [2.05, 4.69) is 20.4 Å². The predicted molar refractivity (Wildman–Crippen MR) is 103 cm³/mol. The van der Waals surface area contributed by atoms with Gasteiger partial charge in [0.1, 0.15) is 5.82 Å². The van der Waals surface area contributed by atoms with Crippen LogP contribution in [0.15, 0.2) is 42.5 Å². The maximum Gasteiger partial charge on any atom is 0.254 e. The van der Waals surface area contributed by atoms with Crippen LogP contribution in [0.1, 0.15) is 16.2 Å². The van der Waals surface area contributed by atoms with E-state index in [1.807, 2.05) is 4.90 Å². The summed E-state index contributed by atoms with van der Waals surface area (Å²) >= 11 is 0. The minimum atomic E-state index is -0.309. The van der Waals surface area contributed by atoms with Crippen LogP contribution in [0.2, 0.25) is 0 Å². The first kappa shape index (κ1) is 18.5. The average molecular weight is 410 g/mol. The van der Waals surface area contributed by atoms with Crippen LogP contribution in [0.25, 0.3) is 5.69 Å². The van der Waals surface area contributed by atoms with E-state index in [-0.39, 0.29) is 18.5 Å². The summed E-state index contributed by atoms with van der Waals surface area (Å²) in [5.74, 6) is 1.60. The molecule has 0 N–H and O–H groups in total. The van der Waals surface area contributed by atoms with Crippen molar-refractivity contribution in [3.8, 4) is 17.2 Å². The van der Waals surface area contributed by atoms with Gasteiger partial charge in [-0.15, -0.1) is 5.10 Å². The Labute approximate surface area is 171 Å². The molecule has 0 saturated carbocycles. The van der Waals surface area contributed by atoms with Crippen LogP contribution in [0, 0.1) is 5.82 Å². The number of piperazine rings is 1. The van der Waals surface area contributed by atoms with Gasteiger partial charge in [0.25, 0.3) is 5.91 Å². The highest BCUT2D eigenvalue weighted by atomic mass is 19.1. The standard InChI is InChI=1S/C20H19FN6O3/c21-15-2-4-16(5-3-15)27-19(22-23-24-27)12-25-7-9-26(10-8-25)20(28)14-1-6-17-18(11-14)30-13-29-17/h1-6,11H,7-10,12-13H2. The molecule has 1 amide bonds. The zero-order valence-electron chi connectivity index (χ0n) is 16.1. The Hall–Kier alpha value is -3.53. The number of amides is 1. The third-order valence-corrected chi connectivity index (χ3v) is 5.25. The number of ether oxygens (including phenoxy) is 2. The van der Waals surface area contributed by atoms with Gasteiger partial charge in [0, 0.05) is 31.7 Å². The van der Waals surface area contributed by atoms with E-state index in [1.54, 1.807) is 35.0 Å². The summed E-state index contributed by atoms with van der Waals surface area (Å²) in [6, 6.07) is 11.3. The minimum Gasteiger partial charge on any atom is -0.454 e. The second-order valence-electron chi connectivity index (χ2n) is 7.12. The van der Waals surface area contributed by atoms with E-state index >= 15 is 0 Å². The number of aromatic nitrogens is 4. The van der Waals surface area contributed by atoms with Crippen molar-refractivity contribution < 1.29 is 18.7 Å². The first-order chi connectivity index (χ1) is 14.7. The van der Waals surface area contributed by atoms with Crippen LogP contribution in [-0.4, -0.2) is 68.9 Å². The summed E-state index contributed by atoms with van der Waals surface area (Å²) in [6.45, 7) is 3.33. The zero-order valence-corrected chi connectivity index (χ0v) is 16.1. The largest absolute Gasteiger partial charge is 0.454 e. The third kappa shape index (κ3) is 3.57. The van der Waals surface area contributed by atoms with Gasteiger partial charge in [-0.25, -0.2) is 4.39 Å². The lowest BCUT2D eigenvalue weighted by molar-refractivity contribution is 0.0624. The minimum absolute atomic E-state index is 0.0240. The molecule has 0 spiro atoms. The molecule has 0 aliphatic carbocycles. The number of tetrazole rings is 1. The number of halogens is 1. The topological polar surface area (TPSA) is 85.6 Å². The Morgan fingerprint density at radius 3 is 2.57 bits per heavy atom. The Morgan fingerprint density at radius 2 is 1.77 bits per heavy atom. The molecule has 0 atom stereocenters. The predicted octanol–water partition coefficient (Wildman–Crippen LogP) is 1.49. The SMILES string of the molecule is O=C(c1ccc2c(c1)OCO2)N1CCN(Cc2nnnn2-c2ccc(F)cc2)CC1. The molecular weight excluding hydrogens is 391 g/mol. The van der Waals surface area contributed by atoms with Crippen LogP contribution >= 0.6 is 0 Å². The van der Waals surface area contributed by atoms with Gasteiger partial charge in [0.15, 0.2) is 17.3 Å². The number of rotatable bonds is 4. The summed E-state index contributed by atoms with van der Waals surface area (Å²) < 4.78 is 25.4. The van der Waals surface area contributed by atoms with Crippen LogP contribution in [0.5, 0.6) is 11.5 Å². The normalized spacial score (nSPS) is 16.1. The molecule has 2 aromatic carbocycles. The molecule has 5 rings (SSSR count). The Kier molecular flexibility index (Phi) is 4.75. The zero-order chi connectivity index (χ0) is 20.5. The molecule has 3 heterocycles. The average Bonchev–Trinajstić information content (AvgIpc) is 3.43. The van der Waals surface area contributed by atoms with Crippen molar-refractivity contribution in [3.63, 3.8) is 0 Å². The summed E-state index contributed by atoms with van der Waals surface area (Å²) in [5.41, 5.74) is 1.29. The maximum absolute atomic E-state index is 13.2. The highest BCUT2D eigenvalue weighted by Gasteiger charge is 2.25. The van der Waals surface area contributed by atoms with E-state index in [0.717, 1.165) is 0 Å². The van der Waals surface area contributed by atoms with Gasteiger partial charge in [-0.2, -0.15) is 4.68 Å². The Bertz CT molecular complexity index is 1060. The number of carbonyl (C=O) groups excluding carboxylic acids is 1. The molecule has 1 aromatic heterocycles. The molecule has 0 bridgehead atoms. The number of hydrogen-bond acceptors (Lipinski definition) is 7. The lowest BCUT2D eigenvalue weighted by Gasteiger charge is -2.34. The van der Waals surface area contributed by atoms with E-state index in [1.165, 1.54) is 12.1 Å². The molecule has 1 fully saturated rings. The molecule has 10 heteroatoms. The number of nitrogens with zero attached hydrogens (tertiary/aromatic N) is 6. The number of carbonyl (C=O) groups is 1. The molecule has 0 unspecified atom stereocenters. The molecule has 0 radical (unpaired) electrons. The monoisotopic (exact) mass is 410 g/mol. The van der Waals surface area contributed by atoms with E-state index < -0.39 is 0 Å². The molecule has 30 heavy (non-hydrogen) atoms. The fourth-order valence-electron chi connectivity index (χ4n) is 3.61. The van der Waals surface area contributed by atoms with Crippen molar-refractivity contribution in [2.45, 2.75) is 6.54 Å². The van der Waals surface area contributed by atoms with E-state index in [9.17, 15) is 9.18 Å². The van der Waals surface area contributed by atoms with Crippen LogP contribution < -0.4 is 9.47 Å².